The molecule has 0 aliphatic carbocycles. The Morgan fingerprint density at radius 2 is 1.80 bits per heavy atom. The number of likely N-dealkylation sites (N-methyl/N-ethyl adjacent to an activating group) is 1. The minimum Gasteiger partial charge on any atom is -0.354 e. The van der Waals surface area contributed by atoms with Crippen molar-refractivity contribution in [3.05, 3.63) is 34.9 Å². The molecule has 6 nitrogen and oxygen atoms in total. The third-order valence-electron chi connectivity index (χ3n) is 4.43. The van der Waals surface area contributed by atoms with Crippen molar-refractivity contribution in [3.8, 4) is 0 Å². The van der Waals surface area contributed by atoms with Gasteiger partial charge in [-0.1, -0.05) is 23.7 Å². The molecule has 1 unspecified atom stereocenters. The van der Waals surface area contributed by atoms with Gasteiger partial charge in [0.15, 0.2) is 0 Å². The number of halogens is 1. The summed E-state index contributed by atoms with van der Waals surface area (Å²) in [7, 11) is -1.03. The summed E-state index contributed by atoms with van der Waals surface area (Å²) < 4.78 is 22.4. The van der Waals surface area contributed by atoms with Crippen LogP contribution in [0.15, 0.2) is 24.3 Å². The average molecular weight is 388 g/mol. The van der Waals surface area contributed by atoms with E-state index in [-0.39, 0.29) is 24.1 Å². The summed E-state index contributed by atoms with van der Waals surface area (Å²) in [6.07, 6.45) is 1.13. The number of sulfone groups is 1. The van der Waals surface area contributed by atoms with Crippen LogP contribution in [0.4, 0.5) is 0 Å². The molecule has 0 saturated carbocycles. The van der Waals surface area contributed by atoms with E-state index in [4.69, 9.17) is 11.6 Å². The zero-order valence-corrected chi connectivity index (χ0v) is 16.3. The number of nitrogens with zero attached hydrogens (tertiary/aromatic N) is 2. The van der Waals surface area contributed by atoms with Crippen molar-refractivity contribution in [2.45, 2.75) is 12.5 Å². The Labute approximate surface area is 155 Å². The largest absolute Gasteiger partial charge is 0.354 e. The first-order chi connectivity index (χ1) is 11.7. The highest BCUT2D eigenvalue weighted by Gasteiger charge is 2.24. The molecule has 1 aliphatic heterocycles. The zero-order chi connectivity index (χ0) is 18.4. The van der Waals surface area contributed by atoms with E-state index in [1.807, 2.05) is 24.3 Å². The topological polar surface area (TPSA) is 69.7 Å². The van der Waals surface area contributed by atoms with Gasteiger partial charge in [-0.2, -0.15) is 0 Å². The molecule has 1 N–H and O–H groups in total. The maximum atomic E-state index is 12.0. The molecular weight excluding hydrogens is 362 g/mol. The third-order valence-corrected chi connectivity index (χ3v) is 5.62. The fraction of sp³-hybridized carbons (Fsp3) is 0.588. The minimum atomic E-state index is -3.13. The van der Waals surface area contributed by atoms with Gasteiger partial charge in [0.1, 0.15) is 9.84 Å². The fourth-order valence-electron chi connectivity index (χ4n) is 2.85. The van der Waals surface area contributed by atoms with Gasteiger partial charge in [-0.15, -0.1) is 0 Å². The molecule has 25 heavy (non-hydrogen) atoms. The molecule has 8 heteroatoms. The van der Waals surface area contributed by atoms with Gasteiger partial charge in [-0.25, -0.2) is 8.42 Å². The van der Waals surface area contributed by atoms with Crippen molar-refractivity contribution < 1.29 is 13.2 Å². The van der Waals surface area contributed by atoms with Crippen molar-refractivity contribution >= 4 is 27.3 Å². The lowest BCUT2D eigenvalue weighted by molar-refractivity contribution is -0.121. The summed E-state index contributed by atoms with van der Waals surface area (Å²) in [5.41, 5.74) is 1.09. The summed E-state index contributed by atoms with van der Waals surface area (Å²) in [6, 6.07) is 7.71. The highest BCUT2D eigenvalue weighted by atomic mass is 35.5. The van der Waals surface area contributed by atoms with Crippen molar-refractivity contribution in [2.75, 3.05) is 51.8 Å². The van der Waals surface area contributed by atoms with Crippen LogP contribution in [0.1, 0.15) is 18.0 Å². The monoisotopic (exact) mass is 387 g/mol. The van der Waals surface area contributed by atoms with Crippen LogP contribution in [0.2, 0.25) is 5.02 Å². The standard InChI is InChI=1S/C17H26ClN3O3S/c1-20-8-10-21(11-9-20)16(14-3-5-15(18)6-4-14)13-19-17(22)7-12-25(2,23)24/h3-6,16H,7-13H2,1-2H3,(H,19,22). The first-order valence-corrected chi connectivity index (χ1v) is 10.8. The molecule has 1 aromatic rings. The smallest absolute Gasteiger partial charge is 0.221 e. The van der Waals surface area contributed by atoms with E-state index in [1.165, 1.54) is 0 Å². The zero-order valence-electron chi connectivity index (χ0n) is 14.7. The van der Waals surface area contributed by atoms with Gasteiger partial charge in [0, 0.05) is 50.4 Å². The van der Waals surface area contributed by atoms with E-state index < -0.39 is 9.84 Å². The fourth-order valence-corrected chi connectivity index (χ4v) is 3.54. The molecule has 2 rings (SSSR count). The maximum Gasteiger partial charge on any atom is 0.221 e. The molecule has 1 atom stereocenters. The van der Waals surface area contributed by atoms with Crippen LogP contribution in [0.5, 0.6) is 0 Å². The molecule has 0 aromatic heterocycles. The number of amides is 1. The second-order valence-corrected chi connectivity index (χ2v) is 9.29. The van der Waals surface area contributed by atoms with Gasteiger partial charge in [-0.05, 0) is 24.7 Å². The van der Waals surface area contributed by atoms with Crippen LogP contribution in [0.25, 0.3) is 0 Å². The first kappa shape index (κ1) is 20.2. The van der Waals surface area contributed by atoms with Gasteiger partial charge in [-0.3, -0.25) is 9.69 Å². The second-order valence-electron chi connectivity index (χ2n) is 6.59. The molecule has 1 amide bonds. The predicted octanol–water partition coefficient (Wildman–Crippen LogP) is 1.18. The van der Waals surface area contributed by atoms with Gasteiger partial charge in [0.25, 0.3) is 0 Å². The molecule has 1 saturated heterocycles. The second kappa shape index (κ2) is 8.98. The summed E-state index contributed by atoms with van der Waals surface area (Å²) in [5, 5.41) is 3.56. The Balaban J connectivity index is 2.01. The molecule has 1 heterocycles. The first-order valence-electron chi connectivity index (χ1n) is 8.37. The van der Waals surface area contributed by atoms with Crippen LogP contribution in [0, 0.1) is 0 Å². The van der Waals surface area contributed by atoms with Gasteiger partial charge in [0.05, 0.1) is 11.8 Å². The van der Waals surface area contributed by atoms with E-state index >= 15 is 0 Å². The SMILES string of the molecule is CN1CCN(C(CNC(=O)CCS(C)(=O)=O)c2ccc(Cl)cc2)CC1. The van der Waals surface area contributed by atoms with Crippen molar-refractivity contribution in [1.29, 1.82) is 0 Å². The van der Waals surface area contributed by atoms with Crippen LogP contribution < -0.4 is 5.32 Å². The van der Waals surface area contributed by atoms with Gasteiger partial charge >= 0.3 is 0 Å². The Morgan fingerprint density at radius 1 is 1.20 bits per heavy atom. The number of hydrogen-bond donors (Lipinski definition) is 1. The van der Waals surface area contributed by atoms with Crippen LogP contribution in [-0.4, -0.2) is 75.9 Å². The van der Waals surface area contributed by atoms with E-state index in [2.05, 4.69) is 22.2 Å². The highest BCUT2D eigenvalue weighted by molar-refractivity contribution is 7.90. The molecule has 1 aliphatic rings. The van der Waals surface area contributed by atoms with Gasteiger partial charge < -0.3 is 10.2 Å². The lowest BCUT2D eigenvalue weighted by Gasteiger charge is -2.38. The van der Waals surface area contributed by atoms with Crippen molar-refractivity contribution in [2.24, 2.45) is 0 Å². The number of carbonyl (C=O) groups excluding carboxylic acids is 1. The molecule has 0 spiro atoms. The molecule has 0 bridgehead atoms. The van der Waals surface area contributed by atoms with E-state index in [0.717, 1.165) is 38.0 Å². The lowest BCUT2D eigenvalue weighted by Crippen LogP contribution is -2.48. The molecule has 1 fully saturated rings. The summed E-state index contributed by atoms with van der Waals surface area (Å²) in [5.74, 6) is -0.364. The highest BCUT2D eigenvalue weighted by Crippen LogP contribution is 2.23. The number of hydrogen-bond acceptors (Lipinski definition) is 5. The predicted molar refractivity (Wildman–Crippen MR) is 101 cm³/mol. The number of piperazine rings is 1. The molecular formula is C17H26ClN3O3S. The lowest BCUT2D eigenvalue weighted by atomic mass is 10.0. The number of carbonyl (C=O) groups is 1. The summed E-state index contributed by atoms with van der Waals surface area (Å²) in [6.45, 7) is 4.25. The number of nitrogens with one attached hydrogen (secondary N) is 1. The average Bonchev–Trinajstić information content (AvgIpc) is 2.55. The Kier molecular flexibility index (Phi) is 7.25. The normalized spacial score (nSPS) is 18.0. The van der Waals surface area contributed by atoms with Gasteiger partial charge in [0.2, 0.25) is 5.91 Å². The van der Waals surface area contributed by atoms with Crippen LogP contribution >= 0.6 is 11.6 Å². The maximum absolute atomic E-state index is 12.0. The van der Waals surface area contributed by atoms with Crippen molar-refractivity contribution in [1.82, 2.24) is 15.1 Å². The quantitative estimate of drug-likeness (QED) is 0.760. The van der Waals surface area contributed by atoms with E-state index in [0.29, 0.717) is 11.6 Å². The molecule has 0 radical (unpaired) electrons. The molecule has 1 aromatic carbocycles. The summed E-state index contributed by atoms with van der Waals surface area (Å²) >= 11 is 5.99. The third kappa shape index (κ3) is 6.93. The number of benzene rings is 1. The Hall–Kier alpha value is -1.15. The van der Waals surface area contributed by atoms with Crippen molar-refractivity contribution in [3.63, 3.8) is 0 Å². The minimum absolute atomic E-state index is 0.00505. The Bertz CT molecular complexity index is 671. The summed E-state index contributed by atoms with van der Waals surface area (Å²) in [4.78, 5) is 16.6. The molecule has 140 valence electrons. The van der Waals surface area contributed by atoms with Crippen LogP contribution in [0.3, 0.4) is 0 Å². The van der Waals surface area contributed by atoms with E-state index in [1.54, 1.807) is 0 Å². The van der Waals surface area contributed by atoms with Crippen LogP contribution in [-0.2, 0) is 14.6 Å². The Morgan fingerprint density at radius 3 is 2.36 bits per heavy atom. The van der Waals surface area contributed by atoms with E-state index in [9.17, 15) is 13.2 Å². The number of rotatable bonds is 7.